The Morgan fingerprint density at radius 1 is 1.07 bits per heavy atom. The van der Waals surface area contributed by atoms with Crippen molar-refractivity contribution < 1.29 is 22.6 Å². The van der Waals surface area contributed by atoms with Crippen LogP contribution in [0.3, 0.4) is 0 Å². The number of benzene rings is 1. The average Bonchev–Trinajstić information content (AvgIpc) is 2.22. The largest absolute Gasteiger partial charge is 0.423 e. The molecule has 0 atom stereocenters. The number of alkyl halides is 1. The van der Waals surface area contributed by atoms with Crippen LogP contribution in [0.2, 0.25) is 0 Å². The molecule has 0 unspecified atom stereocenters. The fraction of sp³-hybridized carbons (Fsp3) is 0.111. The third-order valence-corrected chi connectivity index (χ3v) is 2.12. The van der Waals surface area contributed by atoms with Gasteiger partial charge in [0.1, 0.15) is 0 Å². The number of ether oxygens (including phenoxy) is 2. The molecule has 0 fully saturated rings. The van der Waals surface area contributed by atoms with Crippen molar-refractivity contribution in [2.24, 2.45) is 0 Å². The molecule has 2 rings (SSSR count). The van der Waals surface area contributed by atoms with Crippen molar-refractivity contribution in [1.29, 1.82) is 0 Å². The quantitative estimate of drug-likeness (QED) is 0.696. The zero-order valence-electron chi connectivity index (χ0n) is 7.19. The van der Waals surface area contributed by atoms with Gasteiger partial charge in [-0.1, -0.05) is 6.07 Å². The minimum absolute atomic E-state index is 0.101. The van der Waals surface area contributed by atoms with Gasteiger partial charge in [-0.05, 0) is 6.07 Å². The van der Waals surface area contributed by atoms with Crippen LogP contribution in [-0.4, -0.2) is 0 Å². The van der Waals surface area contributed by atoms with Gasteiger partial charge in [-0.15, -0.1) is 11.6 Å². The molecule has 0 radical (unpaired) electrons. The second kappa shape index (κ2) is 3.66. The monoisotopic (exact) mass is 236 g/mol. The lowest BCUT2D eigenvalue weighted by Crippen LogP contribution is -2.08. The first-order valence-electron chi connectivity index (χ1n) is 3.91. The molecule has 1 aliphatic heterocycles. The molecule has 15 heavy (non-hydrogen) atoms. The Morgan fingerprint density at radius 2 is 1.73 bits per heavy atom. The molecule has 0 aromatic heterocycles. The van der Waals surface area contributed by atoms with Crippen molar-refractivity contribution in [3.8, 4) is 11.5 Å². The van der Waals surface area contributed by atoms with E-state index in [2.05, 4.69) is 9.47 Å². The van der Waals surface area contributed by atoms with Crippen molar-refractivity contribution in [2.45, 2.75) is 5.88 Å². The van der Waals surface area contributed by atoms with E-state index in [0.717, 1.165) is 0 Å². The molecular weight excluding hydrogens is 233 g/mol. The first kappa shape index (κ1) is 10.2. The Labute approximate surface area is 87.9 Å². The van der Waals surface area contributed by atoms with Gasteiger partial charge < -0.3 is 9.47 Å². The minimum Gasteiger partial charge on any atom is -0.423 e. The molecule has 0 saturated heterocycles. The molecule has 1 aromatic carbocycles. The molecule has 1 aliphatic rings. The highest BCUT2D eigenvalue weighted by Crippen LogP contribution is 2.39. The third kappa shape index (κ3) is 1.63. The van der Waals surface area contributed by atoms with E-state index < -0.39 is 23.6 Å². The maximum Gasteiger partial charge on any atom is 0.352 e. The summed E-state index contributed by atoms with van der Waals surface area (Å²) in [6, 6.07) is -0.572. The van der Waals surface area contributed by atoms with Gasteiger partial charge in [0.05, 0.1) is 5.88 Å². The lowest BCUT2D eigenvalue weighted by Gasteiger charge is -2.16. The van der Waals surface area contributed by atoms with Crippen molar-refractivity contribution in [3.63, 3.8) is 0 Å². The summed E-state index contributed by atoms with van der Waals surface area (Å²) in [5.74, 6) is -1.67. The zero-order valence-corrected chi connectivity index (χ0v) is 7.95. The SMILES string of the molecule is FC1=C(F)Oc2c(ccc(CCl)c2F)O1. The molecule has 1 aromatic rings. The smallest absolute Gasteiger partial charge is 0.352 e. The number of hydrogen-bond donors (Lipinski definition) is 0. The number of fused-ring (bicyclic) bond motifs is 1. The molecule has 0 spiro atoms. The molecule has 0 amide bonds. The fourth-order valence-electron chi connectivity index (χ4n) is 1.12. The van der Waals surface area contributed by atoms with Crippen molar-refractivity contribution in [1.82, 2.24) is 0 Å². The Bertz CT molecular complexity index is 445. The molecule has 80 valence electrons. The molecule has 0 aliphatic carbocycles. The van der Waals surface area contributed by atoms with Crippen LogP contribution in [-0.2, 0) is 5.88 Å². The van der Waals surface area contributed by atoms with Crippen LogP contribution in [0.5, 0.6) is 11.5 Å². The van der Waals surface area contributed by atoms with Gasteiger partial charge in [0.15, 0.2) is 11.6 Å². The molecular formula is C9H4ClF3O2. The lowest BCUT2D eigenvalue weighted by molar-refractivity contribution is 0.163. The summed E-state index contributed by atoms with van der Waals surface area (Å²) in [5.41, 5.74) is 0.120. The second-order valence-corrected chi connectivity index (χ2v) is 3.02. The summed E-state index contributed by atoms with van der Waals surface area (Å²) in [4.78, 5) is 0. The Balaban J connectivity index is 2.50. The standard InChI is InChI=1S/C9H4ClF3O2/c10-3-4-1-2-5-7(6(4)11)15-9(13)8(12)14-5/h1-2H,3H2. The van der Waals surface area contributed by atoms with E-state index >= 15 is 0 Å². The van der Waals surface area contributed by atoms with E-state index in [9.17, 15) is 13.2 Å². The Hall–Kier alpha value is -1.36. The van der Waals surface area contributed by atoms with Crippen LogP contribution in [0, 0.1) is 5.82 Å². The van der Waals surface area contributed by atoms with Gasteiger partial charge in [0.25, 0.3) is 0 Å². The summed E-state index contributed by atoms with van der Waals surface area (Å²) in [6.07, 6.45) is 0. The second-order valence-electron chi connectivity index (χ2n) is 2.75. The van der Waals surface area contributed by atoms with Crippen LogP contribution < -0.4 is 9.47 Å². The number of hydrogen-bond acceptors (Lipinski definition) is 2. The average molecular weight is 237 g/mol. The summed E-state index contributed by atoms with van der Waals surface area (Å²) < 4.78 is 47.3. The predicted octanol–water partition coefficient (Wildman–Crippen LogP) is 3.40. The molecule has 0 bridgehead atoms. The Kier molecular flexibility index (Phi) is 2.48. The van der Waals surface area contributed by atoms with Gasteiger partial charge in [0.2, 0.25) is 5.75 Å². The fourth-order valence-corrected chi connectivity index (χ4v) is 1.33. The van der Waals surface area contributed by atoms with E-state index in [4.69, 9.17) is 11.6 Å². The summed E-state index contributed by atoms with van der Waals surface area (Å²) in [5, 5.41) is 0. The van der Waals surface area contributed by atoms with Crippen LogP contribution in [0.4, 0.5) is 13.2 Å². The van der Waals surface area contributed by atoms with E-state index in [1.807, 2.05) is 0 Å². The van der Waals surface area contributed by atoms with Crippen LogP contribution in [0.25, 0.3) is 0 Å². The normalized spacial score (nSPS) is 14.4. The van der Waals surface area contributed by atoms with E-state index in [1.165, 1.54) is 12.1 Å². The summed E-state index contributed by atoms with van der Waals surface area (Å²) >= 11 is 5.42. The zero-order chi connectivity index (χ0) is 11.0. The first-order valence-corrected chi connectivity index (χ1v) is 4.45. The van der Waals surface area contributed by atoms with Crippen LogP contribution in [0.15, 0.2) is 24.2 Å². The van der Waals surface area contributed by atoms with Gasteiger partial charge >= 0.3 is 12.0 Å². The molecule has 2 nitrogen and oxygen atoms in total. The van der Waals surface area contributed by atoms with Gasteiger partial charge in [-0.2, -0.15) is 8.78 Å². The topological polar surface area (TPSA) is 18.5 Å². The minimum atomic E-state index is -1.60. The highest BCUT2D eigenvalue weighted by atomic mass is 35.5. The highest BCUT2D eigenvalue weighted by Gasteiger charge is 2.26. The first-order chi connectivity index (χ1) is 7.13. The van der Waals surface area contributed by atoms with E-state index in [1.54, 1.807) is 0 Å². The van der Waals surface area contributed by atoms with Crippen LogP contribution >= 0.6 is 11.6 Å². The van der Waals surface area contributed by atoms with Crippen molar-refractivity contribution in [2.75, 3.05) is 0 Å². The maximum absolute atomic E-state index is 13.5. The van der Waals surface area contributed by atoms with E-state index in [0.29, 0.717) is 0 Å². The number of rotatable bonds is 1. The highest BCUT2D eigenvalue weighted by molar-refractivity contribution is 6.17. The number of halogens is 4. The van der Waals surface area contributed by atoms with Gasteiger partial charge in [0, 0.05) is 5.56 Å². The van der Waals surface area contributed by atoms with Crippen LogP contribution in [0.1, 0.15) is 5.56 Å². The summed E-state index contributed by atoms with van der Waals surface area (Å²) in [7, 11) is 0. The van der Waals surface area contributed by atoms with E-state index in [-0.39, 0.29) is 17.2 Å². The third-order valence-electron chi connectivity index (χ3n) is 1.83. The van der Waals surface area contributed by atoms with Crippen molar-refractivity contribution in [3.05, 3.63) is 35.5 Å². The molecule has 1 heterocycles. The lowest BCUT2D eigenvalue weighted by atomic mass is 10.2. The maximum atomic E-state index is 13.5. The van der Waals surface area contributed by atoms with Gasteiger partial charge in [-0.25, -0.2) is 4.39 Å². The van der Waals surface area contributed by atoms with Crippen molar-refractivity contribution >= 4 is 11.6 Å². The summed E-state index contributed by atoms with van der Waals surface area (Å²) in [6.45, 7) is 0. The van der Waals surface area contributed by atoms with Gasteiger partial charge in [-0.3, -0.25) is 0 Å². The molecule has 6 heteroatoms. The molecule has 0 N–H and O–H groups in total. The molecule has 0 saturated carbocycles. The Morgan fingerprint density at radius 3 is 2.40 bits per heavy atom. The predicted molar refractivity (Wildman–Crippen MR) is 46.5 cm³/mol.